The highest BCUT2D eigenvalue weighted by molar-refractivity contribution is 6.42. The number of nitrogens with zero attached hydrogens (tertiary/aromatic N) is 1. The zero-order valence-electron chi connectivity index (χ0n) is 14.5. The van der Waals surface area contributed by atoms with Crippen molar-refractivity contribution >= 4 is 68.0 Å². The predicted octanol–water partition coefficient (Wildman–Crippen LogP) is 6.85. The molecule has 4 rings (SSSR count). The number of halogens is 3. The number of fused-ring (bicyclic) bond motifs is 3. The van der Waals surface area contributed by atoms with E-state index >= 15 is 0 Å². The van der Waals surface area contributed by atoms with E-state index in [1.807, 2.05) is 24.3 Å². The highest BCUT2D eigenvalue weighted by Crippen LogP contribution is 2.34. The van der Waals surface area contributed by atoms with Gasteiger partial charge in [0.1, 0.15) is 0 Å². The van der Waals surface area contributed by atoms with E-state index < -0.39 is 0 Å². The molecule has 1 heterocycles. The maximum atomic E-state index is 6.23. The molecule has 0 spiro atoms. The third-order valence-corrected chi connectivity index (χ3v) is 5.60. The van der Waals surface area contributed by atoms with Gasteiger partial charge in [0.15, 0.2) is 0 Å². The summed E-state index contributed by atoms with van der Waals surface area (Å²) in [7, 11) is 0. The summed E-state index contributed by atoms with van der Waals surface area (Å²) in [5.41, 5.74) is 9.91. The average molecular weight is 419 g/mol. The van der Waals surface area contributed by atoms with Crippen LogP contribution in [0.15, 0.2) is 54.6 Å². The lowest BCUT2D eigenvalue weighted by Gasteiger charge is -2.10. The number of anilines is 2. The minimum atomic E-state index is 0.523. The van der Waals surface area contributed by atoms with Crippen LogP contribution in [0.1, 0.15) is 6.42 Å². The van der Waals surface area contributed by atoms with Gasteiger partial charge in [-0.25, -0.2) is 0 Å². The second-order valence-electron chi connectivity index (χ2n) is 6.44. The van der Waals surface area contributed by atoms with E-state index in [-0.39, 0.29) is 0 Å². The summed E-state index contributed by atoms with van der Waals surface area (Å²) in [5, 5.41) is 7.51. The first-order valence-corrected chi connectivity index (χ1v) is 9.84. The minimum absolute atomic E-state index is 0.523. The van der Waals surface area contributed by atoms with Gasteiger partial charge >= 0.3 is 0 Å². The van der Waals surface area contributed by atoms with Crippen LogP contribution in [0.2, 0.25) is 15.1 Å². The smallest absolute Gasteiger partial charge is 0.0612 e. The maximum Gasteiger partial charge on any atom is 0.0612 e. The van der Waals surface area contributed by atoms with Gasteiger partial charge in [0.05, 0.1) is 15.6 Å². The largest absolute Gasteiger partial charge is 0.355 e. The van der Waals surface area contributed by atoms with Crippen LogP contribution in [0.5, 0.6) is 0 Å². The number of aryl methyl sites for hydroxylation is 1. The lowest BCUT2D eigenvalue weighted by atomic mass is 10.1. The van der Waals surface area contributed by atoms with Gasteiger partial charge in [-0.3, -0.25) is 0 Å². The Morgan fingerprint density at radius 2 is 1.56 bits per heavy atom. The zero-order chi connectivity index (χ0) is 19.0. The molecule has 0 amide bonds. The van der Waals surface area contributed by atoms with Gasteiger partial charge in [0.25, 0.3) is 0 Å². The Bertz CT molecular complexity index is 1130. The Morgan fingerprint density at radius 3 is 2.33 bits per heavy atom. The van der Waals surface area contributed by atoms with Crippen molar-refractivity contribution in [1.82, 2.24) is 4.57 Å². The average Bonchev–Trinajstić information content (AvgIpc) is 2.95. The number of hydrogen-bond donors (Lipinski definition) is 2. The number of nitrogens with two attached hydrogens (primary N) is 1. The van der Waals surface area contributed by atoms with E-state index in [4.69, 9.17) is 40.5 Å². The quantitative estimate of drug-likeness (QED) is 0.372. The predicted molar refractivity (Wildman–Crippen MR) is 118 cm³/mol. The van der Waals surface area contributed by atoms with Crippen molar-refractivity contribution in [2.75, 3.05) is 11.9 Å². The third-order valence-electron chi connectivity index (χ3n) is 4.62. The lowest BCUT2D eigenvalue weighted by Crippen LogP contribution is -2.05. The second-order valence-corrected chi connectivity index (χ2v) is 7.69. The number of rotatable bonds is 5. The van der Waals surface area contributed by atoms with Crippen molar-refractivity contribution in [2.45, 2.75) is 13.0 Å². The van der Waals surface area contributed by atoms with Gasteiger partial charge in [-0.2, -0.15) is 0 Å². The molecule has 0 fully saturated rings. The summed E-state index contributed by atoms with van der Waals surface area (Å²) < 4.78 is 2.30. The van der Waals surface area contributed by atoms with Crippen LogP contribution in [0.25, 0.3) is 21.8 Å². The minimum Gasteiger partial charge on any atom is -0.355 e. The van der Waals surface area contributed by atoms with E-state index in [1.165, 1.54) is 5.39 Å². The Hall–Kier alpha value is -1.91. The molecule has 0 aliphatic heterocycles. The molecule has 0 aliphatic carbocycles. The van der Waals surface area contributed by atoms with Crippen molar-refractivity contribution in [1.29, 1.82) is 0 Å². The SMILES string of the molecule is NCCCn1c2ccc(Cl)cc2c2ccc(Nc3ccc(Cl)c(Cl)c3)cc21. The summed E-state index contributed by atoms with van der Waals surface area (Å²) in [6, 6.07) is 17.8. The molecule has 3 aromatic carbocycles. The molecule has 4 aromatic rings. The molecule has 3 N–H and O–H groups in total. The van der Waals surface area contributed by atoms with Gasteiger partial charge in [-0.15, -0.1) is 0 Å². The van der Waals surface area contributed by atoms with Crippen LogP contribution < -0.4 is 11.1 Å². The summed E-state index contributed by atoms with van der Waals surface area (Å²) in [6.45, 7) is 1.50. The molecule has 0 bridgehead atoms. The highest BCUT2D eigenvalue weighted by Gasteiger charge is 2.12. The van der Waals surface area contributed by atoms with Crippen LogP contribution in [0, 0.1) is 0 Å². The summed E-state index contributed by atoms with van der Waals surface area (Å²) in [6.07, 6.45) is 0.909. The van der Waals surface area contributed by atoms with Crippen LogP contribution in [-0.4, -0.2) is 11.1 Å². The van der Waals surface area contributed by atoms with Crippen molar-refractivity contribution in [3.63, 3.8) is 0 Å². The van der Waals surface area contributed by atoms with Gasteiger partial charge < -0.3 is 15.6 Å². The number of benzene rings is 3. The molecule has 0 saturated heterocycles. The zero-order valence-corrected chi connectivity index (χ0v) is 16.7. The van der Waals surface area contributed by atoms with Crippen molar-refractivity contribution < 1.29 is 0 Å². The van der Waals surface area contributed by atoms with Gasteiger partial charge in [0.2, 0.25) is 0 Å². The fraction of sp³-hybridized carbons (Fsp3) is 0.143. The molecule has 0 atom stereocenters. The van der Waals surface area contributed by atoms with Crippen LogP contribution in [0.4, 0.5) is 11.4 Å². The molecule has 0 saturated carbocycles. The molecule has 27 heavy (non-hydrogen) atoms. The Balaban J connectivity index is 1.82. The maximum absolute atomic E-state index is 6.23. The Morgan fingerprint density at radius 1 is 0.778 bits per heavy atom. The summed E-state index contributed by atoms with van der Waals surface area (Å²) in [4.78, 5) is 0. The van der Waals surface area contributed by atoms with Crippen molar-refractivity contribution in [3.8, 4) is 0 Å². The molecule has 0 radical (unpaired) electrons. The van der Waals surface area contributed by atoms with E-state index in [1.54, 1.807) is 6.07 Å². The van der Waals surface area contributed by atoms with Crippen molar-refractivity contribution in [2.24, 2.45) is 5.73 Å². The summed E-state index contributed by atoms with van der Waals surface area (Å²) in [5.74, 6) is 0. The van der Waals surface area contributed by atoms with Crippen molar-refractivity contribution in [3.05, 3.63) is 69.7 Å². The number of aromatic nitrogens is 1. The Kier molecular flexibility index (Phi) is 5.20. The normalized spacial score (nSPS) is 11.4. The first-order valence-electron chi connectivity index (χ1n) is 8.70. The van der Waals surface area contributed by atoms with E-state index in [0.717, 1.165) is 45.8 Å². The van der Waals surface area contributed by atoms with E-state index in [0.29, 0.717) is 16.6 Å². The van der Waals surface area contributed by atoms with Crippen LogP contribution in [-0.2, 0) is 6.54 Å². The van der Waals surface area contributed by atoms with E-state index in [9.17, 15) is 0 Å². The second kappa shape index (κ2) is 7.61. The molecular formula is C21H18Cl3N3. The molecule has 0 aliphatic rings. The summed E-state index contributed by atoms with van der Waals surface area (Å²) >= 11 is 18.4. The number of hydrogen-bond acceptors (Lipinski definition) is 2. The van der Waals surface area contributed by atoms with Gasteiger partial charge in [0, 0.05) is 39.2 Å². The number of nitrogens with one attached hydrogen (secondary N) is 1. The molecule has 6 heteroatoms. The molecule has 0 unspecified atom stereocenters. The fourth-order valence-corrected chi connectivity index (χ4v) is 3.85. The molecule has 1 aromatic heterocycles. The monoisotopic (exact) mass is 417 g/mol. The first-order chi connectivity index (χ1) is 13.1. The standard InChI is InChI=1S/C21H18Cl3N3/c22-13-2-7-20-17(10-13)16-5-3-15(12-21(16)27(20)9-1-8-25)26-14-4-6-18(23)19(24)11-14/h2-7,10-12,26H,1,8-9,25H2. The van der Waals surface area contributed by atoms with E-state index in [2.05, 4.69) is 34.1 Å². The third kappa shape index (κ3) is 3.61. The topological polar surface area (TPSA) is 43.0 Å². The molecule has 3 nitrogen and oxygen atoms in total. The first kappa shape index (κ1) is 18.5. The van der Waals surface area contributed by atoms with Gasteiger partial charge in [-0.05, 0) is 61.5 Å². The fourth-order valence-electron chi connectivity index (χ4n) is 3.38. The highest BCUT2D eigenvalue weighted by atomic mass is 35.5. The molecule has 138 valence electrons. The lowest BCUT2D eigenvalue weighted by molar-refractivity contribution is 0.687. The molecular weight excluding hydrogens is 401 g/mol. The van der Waals surface area contributed by atoms with Crippen LogP contribution >= 0.6 is 34.8 Å². The Labute approximate surface area is 172 Å². The van der Waals surface area contributed by atoms with Crippen LogP contribution in [0.3, 0.4) is 0 Å². The van der Waals surface area contributed by atoms with Gasteiger partial charge in [-0.1, -0.05) is 40.9 Å².